The lowest BCUT2D eigenvalue weighted by atomic mass is 9.43. The minimum Gasteiger partial charge on any atom is -0.473 e. The van der Waals surface area contributed by atoms with Gasteiger partial charge in [0.25, 0.3) is 0 Å². The van der Waals surface area contributed by atoms with Crippen LogP contribution in [0, 0.1) is 40.4 Å². The number of cyclic esters (lactones) is 1. The summed E-state index contributed by atoms with van der Waals surface area (Å²) in [5.74, 6) is 0.210. The molecule has 0 radical (unpaired) electrons. The molecule has 4 saturated carbocycles. The molecular weight excluding hydrogens is 494 g/mol. The molecule has 5 rings (SSSR count). The number of carboxylic acids is 2. The molecular formula is C28H45NO7S. The molecule has 0 unspecified atom stereocenters. The van der Waals surface area contributed by atoms with Gasteiger partial charge in [-0.2, -0.15) is 11.8 Å². The number of ether oxygens (including phenoxy) is 1. The summed E-state index contributed by atoms with van der Waals surface area (Å²) in [7, 11) is 0. The minimum atomic E-state index is -1.82. The fourth-order valence-corrected chi connectivity index (χ4v) is 10.6. The average molecular weight is 540 g/mol. The highest BCUT2D eigenvalue weighted by molar-refractivity contribution is 7.99. The van der Waals surface area contributed by atoms with Gasteiger partial charge in [0.2, 0.25) is 0 Å². The summed E-state index contributed by atoms with van der Waals surface area (Å²) in [5, 5.41) is 27.9. The number of thioether (sulfide) groups is 1. The highest BCUT2D eigenvalue weighted by Crippen LogP contribution is 2.70. The van der Waals surface area contributed by atoms with Crippen molar-refractivity contribution in [3.63, 3.8) is 0 Å². The van der Waals surface area contributed by atoms with Gasteiger partial charge in [0, 0.05) is 11.2 Å². The lowest BCUT2D eigenvalue weighted by Crippen LogP contribution is -2.62. The van der Waals surface area contributed by atoms with Crippen LogP contribution < -0.4 is 5.73 Å². The summed E-state index contributed by atoms with van der Waals surface area (Å²) in [6, 6.07) is 0. The van der Waals surface area contributed by atoms with Crippen molar-refractivity contribution in [2.45, 2.75) is 95.3 Å². The molecule has 1 heterocycles. The molecule has 4 aliphatic carbocycles. The molecule has 0 aromatic rings. The second-order valence-electron chi connectivity index (χ2n) is 12.7. The fraction of sp³-hybridized carbons (Fsp3) is 0.893. The molecule has 5 fully saturated rings. The highest BCUT2D eigenvalue weighted by Gasteiger charge is 2.68. The molecule has 210 valence electrons. The van der Waals surface area contributed by atoms with Crippen molar-refractivity contribution in [1.29, 1.82) is 0 Å². The van der Waals surface area contributed by atoms with Crippen molar-refractivity contribution in [3.05, 3.63) is 0 Å². The minimum absolute atomic E-state index is 0.0353. The Kier molecular flexibility index (Phi) is 8.56. The van der Waals surface area contributed by atoms with E-state index in [1.54, 1.807) is 0 Å². The number of carbonyl (C=O) groups is 3. The zero-order valence-electron chi connectivity index (χ0n) is 22.3. The molecule has 5 N–H and O–H groups in total. The maximum atomic E-state index is 12.3. The standard InChI is InChI=1S/C26H43NO3S.C2H2O4/c1-24-9-6-19(31-13-3-12-27)15-18(24)4-5-22-21(24)7-10-25(2)20(8-11-26(22,25)29)17-14-23(28)30-16-17;3-1(4)2(5)6/h17-22,29H,3-16,27H2,1-2H3;(H,3,4)(H,5,6)/t17-,18-,19+,20-,21+,22-,24+,25-,26+;/m1./s1. The monoisotopic (exact) mass is 539 g/mol. The molecule has 37 heavy (non-hydrogen) atoms. The van der Waals surface area contributed by atoms with Crippen LogP contribution in [-0.4, -0.2) is 63.0 Å². The Hall–Kier alpha value is -1.32. The second-order valence-corrected chi connectivity index (χ2v) is 14.1. The van der Waals surface area contributed by atoms with E-state index in [-0.39, 0.29) is 11.4 Å². The zero-order valence-corrected chi connectivity index (χ0v) is 23.1. The van der Waals surface area contributed by atoms with Gasteiger partial charge in [-0.25, -0.2) is 9.59 Å². The second kappa shape index (κ2) is 11.0. The number of carboxylic acid groups (broad SMARTS) is 2. The first kappa shape index (κ1) is 28.7. The summed E-state index contributed by atoms with van der Waals surface area (Å²) >= 11 is 2.17. The number of aliphatic carboxylic acids is 2. The summed E-state index contributed by atoms with van der Waals surface area (Å²) in [6.07, 6.45) is 12.6. The van der Waals surface area contributed by atoms with E-state index in [1.807, 2.05) is 0 Å². The predicted octanol–water partition coefficient (Wildman–Crippen LogP) is 3.93. The van der Waals surface area contributed by atoms with E-state index >= 15 is 0 Å². The first-order chi connectivity index (χ1) is 17.5. The van der Waals surface area contributed by atoms with Crippen LogP contribution in [0.2, 0.25) is 0 Å². The van der Waals surface area contributed by atoms with Gasteiger partial charge in [-0.3, -0.25) is 4.79 Å². The van der Waals surface area contributed by atoms with Crippen LogP contribution in [0.3, 0.4) is 0 Å². The third-order valence-electron chi connectivity index (χ3n) is 11.2. The normalized spacial score (nSPS) is 44.5. The van der Waals surface area contributed by atoms with Crippen LogP contribution in [0.1, 0.15) is 84.5 Å². The van der Waals surface area contributed by atoms with Gasteiger partial charge in [-0.15, -0.1) is 0 Å². The molecule has 0 spiro atoms. The van der Waals surface area contributed by atoms with Gasteiger partial charge in [0.1, 0.15) is 0 Å². The Labute approximate surface area is 224 Å². The van der Waals surface area contributed by atoms with E-state index in [2.05, 4.69) is 25.6 Å². The number of nitrogens with two attached hydrogens (primary N) is 1. The van der Waals surface area contributed by atoms with Crippen LogP contribution >= 0.6 is 11.8 Å². The molecule has 0 amide bonds. The number of fused-ring (bicyclic) bond motifs is 5. The van der Waals surface area contributed by atoms with Crippen molar-refractivity contribution in [1.82, 2.24) is 0 Å². The van der Waals surface area contributed by atoms with Crippen molar-refractivity contribution in [2.24, 2.45) is 46.2 Å². The maximum absolute atomic E-state index is 12.3. The van der Waals surface area contributed by atoms with Crippen LogP contribution in [0.5, 0.6) is 0 Å². The molecule has 9 atom stereocenters. The Morgan fingerprint density at radius 1 is 1.00 bits per heavy atom. The van der Waals surface area contributed by atoms with E-state index in [0.29, 0.717) is 42.1 Å². The topological polar surface area (TPSA) is 147 Å². The van der Waals surface area contributed by atoms with Gasteiger partial charge in [-0.1, -0.05) is 13.8 Å². The Bertz CT molecular complexity index is 873. The van der Waals surface area contributed by atoms with Crippen LogP contribution in [0.4, 0.5) is 0 Å². The smallest absolute Gasteiger partial charge is 0.414 e. The van der Waals surface area contributed by atoms with Gasteiger partial charge < -0.3 is 25.8 Å². The summed E-state index contributed by atoms with van der Waals surface area (Å²) < 4.78 is 5.34. The van der Waals surface area contributed by atoms with Gasteiger partial charge in [0.05, 0.1) is 18.6 Å². The van der Waals surface area contributed by atoms with Crippen LogP contribution in [0.15, 0.2) is 0 Å². The number of esters is 1. The molecule has 5 aliphatic rings. The average Bonchev–Trinajstić information content (AvgIpc) is 3.39. The number of rotatable bonds is 5. The van der Waals surface area contributed by atoms with Gasteiger partial charge >= 0.3 is 17.9 Å². The summed E-state index contributed by atoms with van der Waals surface area (Å²) in [4.78, 5) is 30.0. The quantitative estimate of drug-likeness (QED) is 0.232. The SMILES string of the molecule is C[C@]12CC[C@H](SCCCN)C[C@H]1CC[C@@H]1[C@@H]2CC[C@]2(C)[C@@H]([C@H]3COC(=O)C3)CC[C@]12O.O=C(O)C(=O)O. The molecule has 8 nitrogen and oxygen atoms in total. The molecule has 9 heteroatoms. The number of hydrogen-bond acceptors (Lipinski definition) is 7. The zero-order chi connectivity index (χ0) is 27.0. The number of aliphatic hydroxyl groups is 1. The Balaban J connectivity index is 0.000000480. The van der Waals surface area contributed by atoms with E-state index in [0.717, 1.165) is 43.4 Å². The van der Waals surface area contributed by atoms with E-state index in [4.69, 9.17) is 30.3 Å². The lowest BCUT2D eigenvalue weighted by Gasteiger charge is -2.64. The third-order valence-corrected chi connectivity index (χ3v) is 12.6. The third kappa shape index (κ3) is 5.17. The van der Waals surface area contributed by atoms with Crippen molar-refractivity contribution in [2.75, 3.05) is 18.9 Å². The van der Waals surface area contributed by atoms with E-state index < -0.39 is 17.5 Å². The predicted molar refractivity (Wildman–Crippen MR) is 141 cm³/mol. The Morgan fingerprint density at radius 3 is 2.32 bits per heavy atom. The molecule has 1 aliphatic heterocycles. The summed E-state index contributed by atoms with van der Waals surface area (Å²) in [6.45, 7) is 6.33. The molecule has 0 aromatic heterocycles. The largest absolute Gasteiger partial charge is 0.473 e. The number of hydrogen-bond donors (Lipinski definition) is 4. The van der Waals surface area contributed by atoms with Gasteiger partial charge in [-0.05, 0) is 111 Å². The first-order valence-corrected chi connectivity index (χ1v) is 15.2. The van der Waals surface area contributed by atoms with E-state index in [9.17, 15) is 9.90 Å². The maximum Gasteiger partial charge on any atom is 0.414 e. The first-order valence-electron chi connectivity index (χ1n) is 14.1. The highest BCUT2D eigenvalue weighted by atomic mass is 32.2. The van der Waals surface area contributed by atoms with Crippen molar-refractivity contribution < 1.29 is 34.4 Å². The molecule has 1 saturated heterocycles. The van der Waals surface area contributed by atoms with Crippen molar-refractivity contribution in [3.8, 4) is 0 Å². The van der Waals surface area contributed by atoms with Crippen LogP contribution in [-0.2, 0) is 19.1 Å². The number of carbonyl (C=O) groups excluding carboxylic acids is 1. The fourth-order valence-electron chi connectivity index (χ4n) is 9.26. The van der Waals surface area contributed by atoms with Gasteiger partial charge in [0.15, 0.2) is 0 Å². The van der Waals surface area contributed by atoms with Crippen LogP contribution in [0.25, 0.3) is 0 Å². The lowest BCUT2D eigenvalue weighted by molar-refractivity contribution is -0.209. The molecule has 0 bridgehead atoms. The van der Waals surface area contributed by atoms with Crippen molar-refractivity contribution >= 4 is 29.7 Å². The summed E-state index contributed by atoms with van der Waals surface area (Å²) in [5.41, 5.74) is 5.51. The molecule has 0 aromatic carbocycles. The van der Waals surface area contributed by atoms with E-state index in [1.165, 1.54) is 44.3 Å². The Morgan fingerprint density at radius 2 is 1.70 bits per heavy atom.